The molecule has 0 radical (unpaired) electrons. The Kier molecular flexibility index (Phi) is 4.14. The second kappa shape index (κ2) is 4.39. The number of rotatable bonds is 4. The van der Waals surface area contributed by atoms with Gasteiger partial charge in [-0.15, -0.1) is 0 Å². The van der Waals surface area contributed by atoms with Crippen LogP contribution < -0.4 is 5.43 Å². The van der Waals surface area contributed by atoms with Gasteiger partial charge in [0.1, 0.15) is 0 Å². The van der Waals surface area contributed by atoms with Gasteiger partial charge < -0.3 is 5.01 Å². The van der Waals surface area contributed by atoms with Crippen LogP contribution in [0.1, 0.15) is 20.3 Å². The summed E-state index contributed by atoms with van der Waals surface area (Å²) in [5, 5.41) is 1.96. The maximum absolute atomic E-state index is 3.86. The van der Waals surface area contributed by atoms with Gasteiger partial charge in [-0.05, 0) is 6.42 Å². The first-order valence-electron chi connectivity index (χ1n) is 3.37. The fourth-order valence-electron chi connectivity index (χ4n) is 0.586. The van der Waals surface area contributed by atoms with E-state index in [4.69, 9.17) is 0 Å². The Balaban J connectivity index is 3.45. The fourth-order valence-corrected chi connectivity index (χ4v) is 0.586. The van der Waals surface area contributed by atoms with Crippen molar-refractivity contribution in [2.45, 2.75) is 20.3 Å². The Morgan fingerprint density at radius 1 is 1.56 bits per heavy atom. The zero-order chi connectivity index (χ0) is 7.28. The lowest BCUT2D eigenvalue weighted by Crippen LogP contribution is -2.32. The molecular formula is C7H16N2. The van der Waals surface area contributed by atoms with Gasteiger partial charge in [-0.3, -0.25) is 0 Å². The molecule has 0 unspecified atom stereocenters. The average molecular weight is 128 g/mol. The highest BCUT2D eigenvalue weighted by Crippen LogP contribution is 1.97. The molecular weight excluding hydrogens is 112 g/mol. The summed E-state index contributed by atoms with van der Waals surface area (Å²) >= 11 is 0. The standard InChI is InChI=1S/C7H16N2/c1-5-7(3)9(4)8-6-2/h8H,3,5-6H2,1-2,4H3. The van der Waals surface area contributed by atoms with E-state index in [1.165, 1.54) is 0 Å². The highest BCUT2D eigenvalue weighted by Gasteiger charge is 1.93. The molecule has 0 heterocycles. The van der Waals surface area contributed by atoms with Gasteiger partial charge in [-0.2, -0.15) is 0 Å². The Morgan fingerprint density at radius 3 is 2.44 bits per heavy atom. The van der Waals surface area contributed by atoms with Gasteiger partial charge in [0.15, 0.2) is 0 Å². The van der Waals surface area contributed by atoms with Crippen LogP contribution in [0.3, 0.4) is 0 Å². The molecule has 0 fully saturated rings. The van der Waals surface area contributed by atoms with Gasteiger partial charge in [-0.25, -0.2) is 5.43 Å². The SMILES string of the molecule is C=C(CC)N(C)NCC. The molecule has 0 atom stereocenters. The van der Waals surface area contributed by atoms with E-state index in [1.807, 2.05) is 12.1 Å². The monoisotopic (exact) mass is 128 g/mol. The van der Waals surface area contributed by atoms with Crippen molar-refractivity contribution in [3.05, 3.63) is 12.3 Å². The smallest absolute Gasteiger partial charge is 0.0228 e. The van der Waals surface area contributed by atoms with Crippen LogP contribution >= 0.6 is 0 Å². The topological polar surface area (TPSA) is 15.3 Å². The van der Waals surface area contributed by atoms with Crippen LogP contribution in [0.4, 0.5) is 0 Å². The predicted molar refractivity (Wildman–Crippen MR) is 40.9 cm³/mol. The molecule has 9 heavy (non-hydrogen) atoms. The molecule has 0 aliphatic rings. The van der Waals surface area contributed by atoms with Crippen molar-refractivity contribution >= 4 is 0 Å². The summed E-state index contributed by atoms with van der Waals surface area (Å²) < 4.78 is 0. The zero-order valence-corrected chi connectivity index (χ0v) is 6.57. The molecule has 0 aromatic rings. The number of allylic oxidation sites excluding steroid dienone is 1. The predicted octanol–water partition coefficient (Wildman–Crippen LogP) is 1.37. The second-order valence-electron chi connectivity index (χ2n) is 1.99. The van der Waals surface area contributed by atoms with Crippen LogP contribution in [0, 0.1) is 0 Å². The van der Waals surface area contributed by atoms with Crippen molar-refractivity contribution in [3.8, 4) is 0 Å². The van der Waals surface area contributed by atoms with Crippen molar-refractivity contribution in [2.75, 3.05) is 13.6 Å². The molecule has 0 aromatic carbocycles. The van der Waals surface area contributed by atoms with E-state index < -0.39 is 0 Å². The molecule has 1 N–H and O–H groups in total. The summed E-state index contributed by atoms with van der Waals surface area (Å²) in [6.45, 7) is 8.97. The van der Waals surface area contributed by atoms with E-state index in [9.17, 15) is 0 Å². The van der Waals surface area contributed by atoms with Gasteiger partial charge in [0.25, 0.3) is 0 Å². The molecule has 0 aliphatic heterocycles. The molecule has 0 bridgehead atoms. The summed E-state index contributed by atoms with van der Waals surface area (Å²) in [5.41, 5.74) is 4.25. The van der Waals surface area contributed by atoms with E-state index in [2.05, 4.69) is 25.9 Å². The van der Waals surface area contributed by atoms with Crippen LogP contribution in [-0.4, -0.2) is 18.6 Å². The molecule has 0 saturated carbocycles. The maximum atomic E-state index is 3.86. The Labute approximate surface area is 57.5 Å². The minimum Gasteiger partial charge on any atom is -0.316 e. The van der Waals surface area contributed by atoms with Gasteiger partial charge in [-0.1, -0.05) is 20.4 Å². The van der Waals surface area contributed by atoms with Crippen molar-refractivity contribution in [3.63, 3.8) is 0 Å². The highest BCUT2D eigenvalue weighted by atomic mass is 15.5. The number of hydrazine groups is 1. The lowest BCUT2D eigenvalue weighted by Gasteiger charge is -2.20. The van der Waals surface area contributed by atoms with E-state index >= 15 is 0 Å². The first kappa shape index (κ1) is 8.50. The lowest BCUT2D eigenvalue weighted by molar-refractivity contribution is 0.301. The summed E-state index contributed by atoms with van der Waals surface area (Å²) in [7, 11) is 1.98. The number of hydrogen-bond donors (Lipinski definition) is 1. The summed E-state index contributed by atoms with van der Waals surface area (Å²) in [4.78, 5) is 0. The van der Waals surface area contributed by atoms with Gasteiger partial charge in [0.05, 0.1) is 0 Å². The van der Waals surface area contributed by atoms with Crippen molar-refractivity contribution in [1.82, 2.24) is 10.4 Å². The van der Waals surface area contributed by atoms with Crippen LogP contribution in [0.15, 0.2) is 12.3 Å². The van der Waals surface area contributed by atoms with Gasteiger partial charge >= 0.3 is 0 Å². The van der Waals surface area contributed by atoms with E-state index in [0.717, 1.165) is 18.7 Å². The third-order valence-corrected chi connectivity index (χ3v) is 1.28. The minimum atomic E-state index is 0.954. The highest BCUT2D eigenvalue weighted by molar-refractivity contribution is 4.88. The number of nitrogens with zero attached hydrogens (tertiary/aromatic N) is 1. The van der Waals surface area contributed by atoms with Crippen LogP contribution in [-0.2, 0) is 0 Å². The molecule has 0 aromatic heterocycles. The van der Waals surface area contributed by atoms with Crippen molar-refractivity contribution in [2.24, 2.45) is 0 Å². The normalized spacial score (nSPS) is 9.22. The maximum Gasteiger partial charge on any atom is 0.0228 e. The largest absolute Gasteiger partial charge is 0.316 e. The van der Waals surface area contributed by atoms with Crippen molar-refractivity contribution < 1.29 is 0 Å². The summed E-state index contributed by atoms with van der Waals surface area (Å²) in [5.74, 6) is 0. The van der Waals surface area contributed by atoms with E-state index in [1.54, 1.807) is 0 Å². The summed E-state index contributed by atoms with van der Waals surface area (Å²) in [6.07, 6.45) is 1.00. The zero-order valence-electron chi connectivity index (χ0n) is 6.57. The molecule has 2 nitrogen and oxygen atoms in total. The Hall–Kier alpha value is -0.500. The fraction of sp³-hybridized carbons (Fsp3) is 0.714. The number of nitrogens with one attached hydrogen (secondary N) is 1. The van der Waals surface area contributed by atoms with Crippen LogP contribution in [0.2, 0.25) is 0 Å². The van der Waals surface area contributed by atoms with Crippen LogP contribution in [0.25, 0.3) is 0 Å². The number of hydrogen-bond acceptors (Lipinski definition) is 2. The Bertz CT molecular complexity index is 88.9. The quantitative estimate of drug-likeness (QED) is 0.575. The minimum absolute atomic E-state index is 0.954. The first-order chi connectivity index (χ1) is 4.22. The molecule has 2 heteroatoms. The van der Waals surface area contributed by atoms with Crippen LogP contribution in [0.5, 0.6) is 0 Å². The van der Waals surface area contributed by atoms with Crippen molar-refractivity contribution in [1.29, 1.82) is 0 Å². The molecule has 54 valence electrons. The molecule has 0 saturated heterocycles. The van der Waals surface area contributed by atoms with Gasteiger partial charge in [0, 0.05) is 19.3 Å². The second-order valence-corrected chi connectivity index (χ2v) is 1.99. The lowest BCUT2D eigenvalue weighted by atomic mass is 10.4. The summed E-state index contributed by atoms with van der Waals surface area (Å²) in [6, 6.07) is 0. The average Bonchev–Trinajstić information content (AvgIpc) is 1.87. The molecule has 0 rings (SSSR count). The third-order valence-electron chi connectivity index (χ3n) is 1.28. The van der Waals surface area contributed by atoms with Gasteiger partial charge in [0.2, 0.25) is 0 Å². The Morgan fingerprint density at radius 2 is 2.11 bits per heavy atom. The first-order valence-corrected chi connectivity index (χ1v) is 3.37. The van der Waals surface area contributed by atoms with E-state index in [-0.39, 0.29) is 0 Å². The van der Waals surface area contributed by atoms with E-state index in [0.29, 0.717) is 0 Å². The third kappa shape index (κ3) is 3.14. The molecule has 0 spiro atoms. The molecule has 0 amide bonds. The molecule has 0 aliphatic carbocycles.